The van der Waals surface area contributed by atoms with Gasteiger partial charge in [0.1, 0.15) is 0 Å². The lowest BCUT2D eigenvalue weighted by Crippen LogP contribution is -2.42. The number of rotatable bonds is 9. The van der Waals surface area contributed by atoms with E-state index in [1.54, 1.807) is 0 Å². The molecule has 3 nitrogen and oxygen atoms in total. The predicted octanol–water partition coefficient (Wildman–Crippen LogP) is 5.58. The number of aromatic nitrogens is 1. The van der Waals surface area contributed by atoms with Crippen LogP contribution >= 0.6 is 0 Å². The van der Waals surface area contributed by atoms with Crippen molar-refractivity contribution in [1.82, 2.24) is 9.47 Å². The van der Waals surface area contributed by atoms with Crippen LogP contribution in [0.15, 0.2) is 72.9 Å². The van der Waals surface area contributed by atoms with E-state index in [1.807, 2.05) is 6.07 Å². The van der Waals surface area contributed by atoms with Gasteiger partial charge in [-0.15, -0.1) is 0 Å². The second-order valence-corrected chi connectivity index (χ2v) is 9.12. The smallest absolute Gasteiger partial charge is 0.0707 e. The fourth-order valence-corrected chi connectivity index (χ4v) is 4.94. The van der Waals surface area contributed by atoms with Crippen molar-refractivity contribution in [1.29, 1.82) is 0 Å². The Labute approximate surface area is 187 Å². The highest BCUT2D eigenvalue weighted by molar-refractivity contribution is 5.26. The maximum absolute atomic E-state index is 10.9. The number of hydrogen-bond acceptors (Lipinski definition) is 2. The van der Waals surface area contributed by atoms with E-state index in [1.165, 1.54) is 54.5 Å². The van der Waals surface area contributed by atoms with Crippen LogP contribution in [0.3, 0.4) is 0 Å². The first-order valence-electron chi connectivity index (χ1n) is 11.8. The lowest BCUT2D eigenvalue weighted by Gasteiger charge is -2.36. The number of benzene rings is 2. The molecule has 0 radical (unpaired) electrons. The molecule has 1 N–H and O–H groups in total. The van der Waals surface area contributed by atoms with E-state index in [9.17, 15) is 5.11 Å². The van der Waals surface area contributed by atoms with Gasteiger partial charge < -0.3 is 9.67 Å². The molecule has 1 aromatic heterocycles. The van der Waals surface area contributed by atoms with Crippen LogP contribution in [-0.2, 0) is 19.5 Å². The van der Waals surface area contributed by atoms with E-state index in [0.717, 1.165) is 19.6 Å². The fourth-order valence-electron chi connectivity index (χ4n) is 4.94. The first-order chi connectivity index (χ1) is 15.2. The summed E-state index contributed by atoms with van der Waals surface area (Å²) >= 11 is 0. The van der Waals surface area contributed by atoms with Crippen LogP contribution in [0, 0.1) is 6.92 Å². The van der Waals surface area contributed by atoms with Gasteiger partial charge in [-0.25, -0.2) is 0 Å². The van der Waals surface area contributed by atoms with Crippen LogP contribution in [0.25, 0.3) is 0 Å². The summed E-state index contributed by atoms with van der Waals surface area (Å²) in [4.78, 5) is 2.55. The minimum Gasteiger partial charge on any atom is -0.391 e. The summed E-state index contributed by atoms with van der Waals surface area (Å²) in [6, 6.07) is 24.0. The number of aryl methyl sites for hydroxylation is 1. The van der Waals surface area contributed by atoms with Crippen LogP contribution in [0.2, 0.25) is 0 Å². The lowest BCUT2D eigenvalue weighted by molar-refractivity contribution is 0.0664. The van der Waals surface area contributed by atoms with E-state index in [-0.39, 0.29) is 6.10 Å². The second-order valence-electron chi connectivity index (χ2n) is 9.12. The second kappa shape index (κ2) is 10.8. The van der Waals surface area contributed by atoms with Gasteiger partial charge in [0, 0.05) is 37.6 Å². The summed E-state index contributed by atoms with van der Waals surface area (Å²) in [7, 11) is 0. The third kappa shape index (κ3) is 6.09. The molecule has 1 heterocycles. The Morgan fingerprint density at radius 3 is 2.45 bits per heavy atom. The van der Waals surface area contributed by atoms with Crippen molar-refractivity contribution in [3.63, 3.8) is 0 Å². The first-order valence-corrected chi connectivity index (χ1v) is 11.8. The summed E-state index contributed by atoms with van der Waals surface area (Å²) in [5.41, 5.74) is 5.25. The van der Waals surface area contributed by atoms with Crippen molar-refractivity contribution >= 4 is 0 Å². The van der Waals surface area contributed by atoms with Crippen LogP contribution in [0.5, 0.6) is 0 Å². The van der Waals surface area contributed by atoms with Gasteiger partial charge in [-0.2, -0.15) is 0 Å². The number of nitrogens with zero attached hydrogens (tertiary/aromatic N) is 2. The molecule has 3 heteroatoms. The monoisotopic (exact) mass is 416 g/mol. The molecule has 4 rings (SSSR count). The molecular weight excluding hydrogens is 380 g/mol. The molecule has 1 aliphatic rings. The normalized spacial score (nSPS) is 16.0. The molecule has 2 aromatic carbocycles. The van der Waals surface area contributed by atoms with Crippen molar-refractivity contribution in [2.45, 2.75) is 70.7 Å². The number of aliphatic hydroxyl groups excluding tert-OH is 1. The SMILES string of the molecule is Cc1ccccc1Cn1cccc1CN(C[C@H](O)Cc1ccccc1)C1CCCCC1. The fraction of sp³-hybridized carbons (Fsp3) is 0.429. The molecular formula is C28H36N2O. The predicted molar refractivity (Wildman–Crippen MR) is 128 cm³/mol. The maximum atomic E-state index is 10.9. The highest BCUT2D eigenvalue weighted by Gasteiger charge is 2.24. The van der Waals surface area contributed by atoms with Crippen LogP contribution in [-0.4, -0.2) is 33.3 Å². The summed E-state index contributed by atoms with van der Waals surface area (Å²) in [6.07, 6.45) is 9.02. The first kappa shape index (κ1) is 21.9. The molecule has 0 saturated heterocycles. The van der Waals surface area contributed by atoms with Crippen molar-refractivity contribution in [2.24, 2.45) is 0 Å². The third-order valence-corrected chi connectivity index (χ3v) is 6.74. The van der Waals surface area contributed by atoms with Gasteiger partial charge in [-0.3, -0.25) is 4.90 Å². The van der Waals surface area contributed by atoms with Gasteiger partial charge in [-0.1, -0.05) is 73.9 Å². The van der Waals surface area contributed by atoms with Crippen LogP contribution in [0.4, 0.5) is 0 Å². The molecule has 164 valence electrons. The van der Waals surface area contributed by atoms with Gasteiger partial charge in [0.05, 0.1) is 6.10 Å². The van der Waals surface area contributed by atoms with Crippen molar-refractivity contribution in [3.8, 4) is 0 Å². The minimum atomic E-state index is -0.343. The van der Waals surface area contributed by atoms with Crippen LogP contribution < -0.4 is 0 Å². The summed E-state index contributed by atoms with van der Waals surface area (Å²) < 4.78 is 2.38. The average molecular weight is 417 g/mol. The number of hydrogen-bond donors (Lipinski definition) is 1. The highest BCUT2D eigenvalue weighted by atomic mass is 16.3. The third-order valence-electron chi connectivity index (χ3n) is 6.74. The van der Waals surface area contributed by atoms with Crippen LogP contribution in [0.1, 0.15) is 54.5 Å². The van der Waals surface area contributed by atoms with Gasteiger partial charge in [0.2, 0.25) is 0 Å². The van der Waals surface area contributed by atoms with E-state index >= 15 is 0 Å². The Balaban J connectivity index is 1.47. The van der Waals surface area contributed by atoms with Crippen molar-refractivity contribution in [3.05, 3.63) is 95.3 Å². The summed E-state index contributed by atoms with van der Waals surface area (Å²) in [6.45, 7) is 4.72. The Bertz CT molecular complexity index is 927. The zero-order valence-electron chi connectivity index (χ0n) is 18.8. The van der Waals surface area contributed by atoms with Gasteiger partial charge >= 0.3 is 0 Å². The minimum absolute atomic E-state index is 0.343. The maximum Gasteiger partial charge on any atom is 0.0707 e. The average Bonchev–Trinajstić information content (AvgIpc) is 3.23. The highest BCUT2D eigenvalue weighted by Crippen LogP contribution is 2.25. The molecule has 31 heavy (non-hydrogen) atoms. The van der Waals surface area contributed by atoms with E-state index in [0.29, 0.717) is 12.5 Å². The summed E-state index contributed by atoms with van der Waals surface area (Å²) in [5.74, 6) is 0. The van der Waals surface area contributed by atoms with Crippen molar-refractivity contribution < 1.29 is 5.11 Å². The van der Waals surface area contributed by atoms with E-state index < -0.39 is 0 Å². The Morgan fingerprint density at radius 1 is 0.935 bits per heavy atom. The summed E-state index contributed by atoms with van der Waals surface area (Å²) in [5, 5.41) is 10.9. The largest absolute Gasteiger partial charge is 0.391 e. The lowest BCUT2D eigenvalue weighted by atomic mass is 9.93. The molecule has 1 saturated carbocycles. The zero-order chi connectivity index (χ0) is 21.5. The molecule has 0 aliphatic heterocycles. The molecule has 0 unspecified atom stereocenters. The molecule has 3 aromatic rings. The van der Waals surface area contributed by atoms with Gasteiger partial charge in [-0.05, 0) is 55.0 Å². The Morgan fingerprint density at radius 2 is 1.68 bits per heavy atom. The zero-order valence-corrected chi connectivity index (χ0v) is 18.8. The molecule has 0 bridgehead atoms. The molecule has 1 atom stereocenters. The van der Waals surface area contributed by atoms with E-state index in [2.05, 4.69) is 83.3 Å². The van der Waals surface area contributed by atoms with E-state index in [4.69, 9.17) is 0 Å². The molecule has 1 fully saturated rings. The van der Waals surface area contributed by atoms with Gasteiger partial charge in [0.25, 0.3) is 0 Å². The number of aliphatic hydroxyl groups is 1. The quantitative estimate of drug-likeness (QED) is 0.493. The Kier molecular flexibility index (Phi) is 7.61. The topological polar surface area (TPSA) is 28.4 Å². The molecule has 1 aliphatic carbocycles. The van der Waals surface area contributed by atoms with Crippen molar-refractivity contribution in [2.75, 3.05) is 6.54 Å². The standard InChI is InChI=1S/C28H36N2O/c1-23-11-8-9-14-25(23)20-29-18-10-17-27(29)21-30(26-15-6-3-7-16-26)22-28(31)19-24-12-4-2-5-13-24/h2,4-5,8-14,17-18,26,28,31H,3,6-7,15-16,19-22H2,1H3/t28-/m1/s1. The molecule has 0 spiro atoms. The van der Waals surface area contributed by atoms with Gasteiger partial charge in [0.15, 0.2) is 0 Å². The Hall–Kier alpha value is -2.36. The molecule has 0 amide bonds.